The minimum atomic E-state index is -0.839. The third kappa shape index (κ3) is 3.38. The van der Waals surface area contributed by atoms with E-state index in [1.165, 1.54) is 0 Å². The molecule has 1 unspecified atom stereocenters. The fourth-order valence-electron chi connectivity index (χ4n) is 4.98. The predicted molar refractivity (Wildman–Crippen MR) is 114 cm³/mol. The Kier molecular flexibility index (Phi) is 4.96. The van der Waals surface area contributed by atoms with Crippen molar-refractivity contribution in [3.8, 4) is 17.2 Å². The first-order valence-electron chi connectivity index (χ1n) is 10.8. The monoisotopic (exact) mass is 422 g/mol. The number of likely N-dealkylation sites (tertiary alicyclic amines) is 1. The Hall–Kier alpha value is -3.22. The van der Waals surface area contributed by atoms with Gasteiger partial charge in [-0.1, -0.05) is 25.3 Å². The third-order valence-electron chi connectivity index (χ3n) is 6.64. The van der Waals surface area contributed by atoms with E-state index in [1.54, 1.807) is 7.11 Å². The van der Waals surface area contributed by atoms with Crippen LogP contribution in [0.2, 0.25) is 0 Å². The Morgan fingerprint density at radius 1 is 1.06 bits per heavy atom. The van der Waals surface area contributed by atoms with Crippen LogP contribution in [0.15, 0.2) is 42.5 Å². The summed E-state index contributed by atoms with van der Waals surface area (Å²) in [5, 5.41) is 3.05. The quantitative estimate of drug-likeness (QED) is 0.736. The van der Waals surface area contributed by atoms with Crippen molar-refractivity contribution in [3.05, 3.63) is 48.0 Å². The first-order valence-corrected chi connectivity index (χ1v) is 10.8. The molecule has 31 heavy (non-hydrogen) atoms. The lowest BCUT2D eigenvalue weighted by Crippen LogP contribution is -2.65. The molecule has 2 fully saturated rings. The molecule has 2 heterocycles. The molecule has 1 saturated carbocycles. The number of β-lactam (4-membered cyclic amide) rings is 1. The van der Waals surface area contributed by atoms with Gasteiger partial charge in [0.2, 0.25) is 18.6 Å². The highest BCUT2D eigenvalue weighted by Gasteiger charge is 2.55. The van der Waals surface area contributed by atoms with E-state index in [9.17, 15) is 9.59 Å². The van der Waals surface area contributed by atoms with E-state index >= 15 is 0 Å². The van der Waals surface area contributed by atoms with Gasteiger partial charge in [-0.2, -0.15) is 0 Å². The minimum Gasteiger partial charge on any atom is -0.497 e. The molecule has 2 amide bonds. The molecular formula is C24H26N2O5. The fraction of sp³-hybridized carbons (Fsp3) is 0.417. The minimum absolute atomic E-state index is 0.0226. The van der Waals surface area contributed by atoms with Gasteiger partial charge in [0.25, 0.3) is 0 Å². The van der Waals surface area contributed by atoms with E-state index in [4.69, 9.17) is 14.2 Å². The van der Waals surface area contributed by atoms with Gasteiger partial charge in [0.05, 0.1) is 19.6 Å². The zero-order chi connectivity index (χ0) is 21.4. The Morgan fingerprint density at radius 2 is 1.81 bits per heavy atom. The number of nitrogens with zero attached hydrogens (tertiary/aromatic N) is 1. The van der Waals surface area contributed by atoms with Crippen molar-refractivity contribution < 1.29 is 23.8 Å². The first-order chi connectivity index (χ1) is 15.1. The molecule has 3 aliphatic rings. The van der Waals surface area contributed by atoms with Crippen LogP contribution in [-0.2, 0) is 9.59 Å². The number of rotatable bonds is 5. The Balaban J connectivity index is 1.43. The normalized spacial score (nSPS) is 21.4. The lowest BCUT2D eigenvalue weighted by molar-refractivity contribution is -0.166. The van der Waals surface area contributed by atoms with Crippen LogP contribution in [0.3, 0.4) is 0 Å². The molecule has 2 aromatic rings. The lowest BCUT2D eigenvalue weighted by atomic mass is 9.74. The SMILES string of the molecule is COc1ccc(NC(=O)C2(N3C(=O)CC3c3ccc4c(c3)OCO4)CCCCC2)cc1. The van der Waals surface area contributed by atoms with E-state index in [-0.39, 0.29) is 24.6 Å². The van der Waals surface area contributed by atoms with Gasteiger partial charge in [0.1, 0.15) is 11.3 Å². The number of carbonyl (C=O) groups is 2. The summed E-state index contributed by atoms with van der Waals surface area (Å²) in [6.07, 6.45) is 4.66. The number of anilines is 1. The van der Waals surface area contributed by atoms with E-state index in [0.717, 1.165) is 30.6 Å². The number of hydrogen-bond acceptors (Lipinski definition) is 5. The molecule has 2 aliphatic heterocycles. The predicted octanol–water partition coefficient (Wildman–Crippen LogP) is 4.04. The van der Waals surface area contributed by atoms with Gasteiger partial charge in [0.15, 0.2) is 11.5 Å². The number of benzene rings is 2. The van der Waals surface area contributed by atoms with Gasteiger partial charge in [-0.15, -0.1) is 0 Å². The van der Waals surface area contributed by atoms with Crippen LogP contribution in [0, 0.1) is 0 Å². The van der Waals surface area contributed by atoms with Gasteiger partial charge < -0.3 is 24.4 Å². The highest BCUT2D eigenvalue weighted by molar-refractivity contribution is 6.02. The van der Waals surface area contributed by atoms with E-state index < -0.39 is 5.54 Å². The molecule has 0 bridgehead atoms. The number of carbonyl (C=O) groups excluding carboxylic acids is 2. The summed E-state index contributed by atoms with van der Waals surface area (Å²) < 4.78 is 16.1. The largest absolute Gasteiger partial charge is 0.497 e. The van der Waals surface area contributed by atoms with Crippen LogP contribution in [0.4, 0.5) is 5.69 Å². The van der Waals surface area contributed by atoms with Crippen molar-refractivity contribution in [2.24, 2.45) is 0 Å². The maximum Gasteiger partial charge on any atom is 0.250 e. The number of nitrogens with one attached hydrogen (secondary N) is 1. The molecule has 5 rings (SSSR count). The third-order valence-corrected chi connectivity index (χ3v) is 6.64. The molecule has 1 atom stereocenters. The maximum absolute atomic E-state index is 13.6. The highest BCUT2D eigenvalue weighted by atomic mass is 16.7. The molecule has 0 spiro atoms. The Bertz CT molecular complexity index is 998. The van der Waals surface area contributed by atoms with Crippen LogP contribution in [0.1, 0.15) is 50.1 Å². The molecule has 1 aliphatic carbocycles. The van der Waals surface area contributed by atoms with Crippen LogP contribution >= 0.6 is 0 Å². The second-order valence-electron chi connectivity index (χ2n) is 8.37. The van der Waals surface area contributed by atoms with Crippen molar-refractivity contribution in [1.29, 1.82) is 0 Å². The first kappa shape index (κ1) is 19.7. The molecule has 7 heteroatoms. The summed E-state index contributed by atoms with van der Waals surface area (Å²) in [6, 6.07) is 12.9. The summed E-state index contributed by atoms with van der Waals surface area (Å²) in [5.41, 5.74) is 0.837. The number of hydrogen-bond donors (Lipinski definition) is 1. The topological polar surface area (TPSA) is 77.1 Å². The van der Waals surface area contributed by atoms with Gasteiger partial charge in [-0.25, -0.2) is 0 Å². The fourth-order valence-corrected chi connectivity index (χ4v) is 4.98. The molecule has 0 aromatic heterocycles. The molecule has 162 valence electrons. The standard InChI is InChI=1S/C24H26N2O5/c1-29-18-8-6-17(7-9-18)25-23(28)24(11-3-2-4-12-24)26-19(14-22(26)27)16-5-10-20-21(13-16)31-15-30-20/h5-10,13,19H,2-4,11-12,14-15H2,1H3,(H,25,28). The summed E-state index contributed by atoms with van der Waals surface area (Å²) in [4.78, 5) is 28.3. The molecule has 7 nitrogen and oxygen atoms in total. The lowest BCUT2D eigenvalue weighted by Gasteiger charge is -2.54. The van der Waals surface area contributed by atoms with Crippen molar-refractivity contribution in [2.45, 2.75) is 50.1 Å². The molecular weight excluding hydrogens is 396 g/mol. The van der Waals surface area contributed by atoms with Gasteiger partial charge in [-0.3, -0.25) is 9.59 Å². The number of methoxy groups -OCH3 is 1. The summed E-state index contributed by atoms with van der Waals surface area (Å²) >= 11 is 0. The van der Waals surface area contributed by atoms with E-state index in [2.05, 4.69) is 5.32 Å². The summed E-state index contributed by atoms with van der Waals surface area (Å²) in [5.74, 6) is 2.04. The molecule has 1 N–H and O–H groups in total. The average Bonchev–Trinajstić information content (AvgIpc) is 3.26. The van der Waals surface area contributed by atoms with Crippen LogP contribution in [0.25, 0.3) is 0 Å². The van der Waals surface area contributed by atoms with Crippen molar-refractivity contribution in [2.75, 3.05) is 19.2 Å². The Labute approximate surface area is 181 Å². The van der Waals surface area contributed by atoms with Crippen molar-refractivity contribution >= 4 is 17.5 Å². The van der Waals surface area contributed by atoms with Crippen LogP contribution in [0.5, 0.6) is 17.2 Å². The zero-order valence-corrected chi connectivity index (χ0v) is 17.6. The number of ether oxygens (including phenoxy) is 3. The summed E-state index contributed by atoms with van der Waals surface area (Å²) in [6.45, 7) is 0.209. The van der Waals surface area contributed by atoms with Crippen molar-refractivity contribution in [3.63, 3.8) is 0 Å². The van der Waals surface area contributed by atoms with Crippen LogP contribution < -0.4 is 19.5 Å². The average molecular weight is 422 g/mol. The van der Waals surface area contributed by atoms with E-state index in [0.29, 0.717) is 36.4 Å². The van der Waals surface area contributed by atoms with Gasteiger partial charge in [-0.05, 0) is 54.8 Å². The van der Waals surface area contributed by atoms with Crippen LogP contribution in [-0.4, -0.2) is 36.2 Å². The van der Waals surface area contributed by atoms with Gasteiger partial charge in [0, 0.05) is 5.69 Å². The Morgan fingerprint density at radius 3 is 2.52 bits per heavy atom. The zero-order valence-electron chi connectivity index (χ0n) is 17.6. The maximum atomic E-state index is 13.6. The molecule has 1 saturated heterocycles. The number of amides is 2. The van der Waals surface area contributed by atoms with Gasteiger partial charge >= 0.3 is 0 Å². The number of fused-ring (bicyclic) bond motifs is 1. The van der Waals surface area contributed by atoms with Crippen molar-refractivity contribution in [1.82, 2.24) is 4.90 Å². The summed E-state index contributed by atoms with van der Waals surface area (Å²) in [7, 11) is 1.61. The second-order valence-corrected chi connectivity index (χ2v) is 8.37. The van der Waals surface area contributed by atoms with E-state index in [1.807, 2.05) is 47.4 Å². The molecule has 0 radical (unpaired) electrons. The smallest absolute Gasteiger partial charge is 0.250 e. The molecule has 2 aromatic carbocycles. The highest BCUT2D eigenvalue weighted by Crippen LogP contribution is 2.48. The second kappa shape index (κ2) is 7.80.